The van der Waals surface area contributed by atoms with Crippen molar-refractivity contribution >= 4 is 5.78 Å². The summed E-state index contributed by atoms with van der Waals surface area (Å²) >= 11 is 0. The summed E-state index contributed by atoms with van der Waals surface area (Å²) in [5.74, 6) is 6.06. The molecule has 23 heavy (non-hydrogen) atoms. The van der Waals surface area contributed by atoms with Crippen LogP contribution in [0.5, 0.6) is 0 Å². The van der Waals surface area contributed by atoms with Crippen LogP contribution in [0.2, 0.25) is 0 Å². The summed E-state index contributed by atoms with van der Waals surface area (Å²) in [6.45, 7) is 11.2. The number of hydrogen-bond donors (Lipinski definition) is 0. The van der Waals surface area contributed by atoms with Crippen molar-refractivity contribution in [3.63, 3.8) is 0 Å². The molecule has 4 rings (SSSR count). The average Bonchev–Trinajstić information content (AvgIpc) is 2.86. The number of ketones is 1. The summed E-state index contributed by atoms with van der Waals surface area (Å²) in [4.78, 5) is 12.2. The van der Waals surface area contributed by atoms with Gasteiger partial charge in [-0.3, -0.25) is 4.79 Å². The lowest BCUT2D eigenvalue weighted by Crippen LogP contribution is -2.50. The van der Waals surface area contributed by atoms with Crippen molar-refractivity contribution in [3.05, 3.63) is 12.2 Å². The normalized spacial score (nSPS) is 52.5. The molecule has 0 amide bonds. The van der Waals surface area contributed by atoms with Crippen LogP contribution in [0.3, 0.4) is 0 Å². The van der Waals surface area contributed by atoms with Crippen LogP contribution in [0, 0.1) is 46.8 Å². The molecule has 4 saturated carbocycles. The molecule has 8 atom stereocenters. The Kier molecular flexibility index (Phi) is 3.78. The highest BCUT2D eigenvalue weighted by molar-refractivity contribution is 5.80. The van der Waals surface area contributed by atoms with E-state index in [2.05, 4.69) is 20.4 Å². The molecule has 0 N–H and O–H groups in total. The minimum atomic E-state index is 0. The summed E-state index contributed by atoms with van der Waals surface area (Å²) in [6.07, 6.45) is 10.9. The van der Waals surface area contributed by atoms with Crippen LogP contribution < -0.4 is 0 Å². The molecule has 1 heteroatoms. The molecule has 0 aromatic heterocycles. The highest BCUT2D eigenvalue weighted by Gasteiger charge is 2.59. The molecule has 1 nitrogen and oxygen atoms in total. The van der Waals surface area contributed by atoms with Crippen LogP contribution >= 0.6 is 0 Å². The van der Waals surface area contributed by atoms with Crippen molar-refractivity contribution in [1.82, 2.24) is 0 Å². The van der Waals surface area contributed by atoms with Gasteiger partial charge in [0.15, 0.2) is 0 Å². The Balaban J connectivity index is 0.00000169. The minimum absolute atomic E-state index is 0. The SMILES string of the molecule is C=C1CC2C3CCC(C)CC3CCC2C2CCC(C(C)=O)C12C.[HH]. The molecule has 4 fully saturated rings. The maximum absolute atomic E-state index is 12.2. The predicted molar refractivity (Wildman–Crippen MR) is 97.1 cm³/mol. The number of carbonyl (C=O) groups is 1. The predicted octanol–water partition coefficient (Wildman–Crippen LogP) is 5.89. The van der Waals surface area contributed by atoms with Crippen LogP contribution in [0.4, 0.5) is 0 Å². The van der Waals surface area contributed by atoms with E-state index in [0.717, 1.165) is 41.9 Å². The maximum atomic E-state index is 12.2. The third-order valence-corrected chi connectivity index (χ3v) is 8.79. The number of fused-ring (bicyclic) bond motifs is 5. The number of allylic oxidation sites excluding steroid dienone is 1. The second-order valence-corrected chi connectivity index (χ2v) is 9.68. The van der Waals surface area contributed by atoms with Gasteiger partial charge in [-0.05, 0) is 87.4 Å². The lowest BCUT2D eigenvalue weighted by atomic mass is 9.48. The van der Waals surface area contributed by atoms with Crippen molar-refractivity contribution in [2.24, 2.45) is 46.8 Å². The molecular weight excluding hydrogens is 280 g/mol. The third-order valence-electron chi connectivity index (χ3n) is 8.79. The lowest BCUT2D eigenvalue weighted by Gasteiger charge is -2.57. The Morgan fingerprint density at radius 1 is 1.09 bits per heavy atom. The Morgan fingerprint density at radius 2 is 1.83 bits per heavy atom. The van der Waals surface area contributed by atoms with Crippen LogP contribution in [0.1, 0.15) is 73.6 Å². The first-order valence-electron chi connectivity index (χ1n) is 10.1. The largest absolute Gasteiger partial charge is 0.300 e. The van der Waals surface area contributed by atoms with Gasteiger partial charge < -0.3 is 0 Å². The Bertz CT molecular complexity index is 526. The molecule has 0 heterocycles. The molecule has 130 valence electrons. The minimum Gasteiger partial charge on any atom is -0.300 e. The first kappa shape index (κ1) is 15.9. The molecule has 0 bridgehead atoms. The van der Waals surface area contributed by atoms with E-state index in [4.69, 9.17) is 0 Å². The zero-order valence-electron chi connectivity index (χ0n) is 15.3. The lowest BCUT2D eigenvalue weighted by molar-refractivity contribution is -0.125. The van der Waals surface area contributed by atoms with Crippen LogP contribution in [0.25, 0.3) is 0 Å². The van der Waals surface area contributed by atoms with Gasteiger partial charge in [-0.1, -0.05) is 32.4 Å². The second-order valence-electron chi connectivity index (χ2n) is 9.68. The average molecular weight is 317 g/mol. The Hall–Kier alpha value is -0.590. The van der Waals surface area contributed by atoms with Gasteiger partial charge in [0.25, 0.3) is 0 Å². The topological polar surface area (TPSA) is 17.1 Å². The van der Waals surface area contributed by atoms with E-state index >= 15 is 0 Å². The first-order chi connectivity index (χ1) is 10.9. The van der Waals surface area contributed by atoms with Crippen molar-refractivity contribution in [2.75, 3.05) is 0 Å². The Morgan fingerprint density at radius 3 is 2.57 bits per heavy atom. The van der Waals surface area contributed by atoms with Crippen molar-refractivity contribution < 1.29 is 6.22 Å². The van der Waals surface area contributed by atoms with Gasteiger partial charge in [0.05, 0.1) is 0 Å². The highest BCUT2D eigenvalue weighted by Crippen LogP contribution is 2.65. The van der Waals surface area contributed by atoms with E-state index < -0.39 is 0 Å². The second kappa shape index (κ2) is 5.46. The van der Waals surface area contributed by atoms with Gasteiger partial charge in [-0.15, -0.1) is 0 Å². The Labute approximate surface area is 143 Å². The van der Waals surface area contributed by atoms with Gasteiger partial charge in [0.1, 0.15) is 5.78 Å². The van der Waals surface area contributed by atoms with Gasteiger partial charge >= 0.3 is 0 Å². The molecule has 0 saturated heterocycles. The van der Waals surface area contributed by atoms with E-state index in [0.29, 0.717) is 5.78 Å². The first-order valence-corrected chi connectivity index (χ1v) is 10.1. The highest BCUT2D eigenvalue weighted by atomic mass is 16.1. The van der Waals surface area contributed by atoms with Gasteiger partial charge in [0.2, 0.25) is 0 Å². The van der Waals surface area contributed by atoms with E-state index in [1.807, 2.05) is 6.92 Å². The quantitative estimate of drug-likeness (QED) is 0.551. The molecule has 0 aromatic carbocycles. The summed E-state index contributed by atoms with van der Waals surface area (Å²) in [7, 11) is 0. The zero-order valence-corrected chi connectivity index (χ0v) is 15.3. The fraction of sp³-hybridized carbons (Fsp3) is 0.864. The van der Waals surface area contributed by atoms with Crippen LogP contribution in [-0.4, -0.2) is 5.78 Å². The molecule has 0 radical (unpaired) electrons. The van der Waals surface area contributed by atoms with Crippen LogP contribution in [0.15, 0.2) is 12.2 Å². The smallest absolute Gasteiger partial charge is 0.133 e. The number of rotatable bonds is 1. The summed E-state index contributed by atoms with van der Waals surface area (Å²) in [5.41, 5.74) is 1.54. The van der Waals surface area contributed by atoms with E-state index in [-0.39, 0.29) is 12.8 Å². The number of hydrogen-bond acceptors (Lipinski definition) is 1. The molecule has 4 aliphatic rings. The van der Waals surface area contributed by atoms with Crippen molar-refractivity contribution in [2.45, 2.75) is 72.1 Å². The zero-order chi connectivity index (χ0) is 16.4. The third kappa shape index (κ3) is 2.21. The molecular formula is C22H36O. The summed E-state index contributed by atoms with van der Waals surface area (Å²) < 4.78 is 0. The maximum Gasteiger partial charge on any atom is 0.133 e. The van der Waals surface area contributed by atoms with E-state index in [9.17, 15) is 4.79 Å². The molecule has 8 unspecified atom stereocenters. The van der Waals surface area contributed by atoms with Crippen LogP contribution in [-0.2, 0) is 4.79 Å². The fourth-order valence-electron chi connectivity index (χ4n) is 7.66. The molecule has 0 aromatic rings. The molecule has 4 aliphatic carbocycles. The van der Waals surface area contributed by atoms with E-state index in [1.165, 1.54) is 50.5 Å². The molecule has 0 spiro atoms. The molecule has 0 aliphatic heterocycles. The van der Waals surface area contributed by atoms with Gasteiger partial charge in [-0.25, -0.2) is 0 Å². The summed E-state index contributed by atoms with van der Waals surface area (Å²) in [5, 5.41) is 0. The monoisotopic (exact) mass is 316 g/mol. The standard InChI is InChI=1S/C22H34O.H2/c1-13-5-7-17-16(11-13)6-8-18-19(17)12-14(2)22(4)20(15(3)23)9-10-21(18)22;/h13,16-21H,2,5-12H2,1,3-4H3;1H. The fourth-order valence-corrected chi connectivity index (χ4v) is 7.66. The summed E-state index contributed by atoms with van der Waals surface area (Å²) in [6, 6.07) is 0. The number of Topliss-reactive ketones (excluding diaryl/α,β-unsaturated/α-hetero) is 1. The van der Waals surface area contributed by atoms with E-state index in [1.54, 1.807) is 0 Å². The van der Waals surface area contributed by atoms with Crippen molar-refractivity contribution in [1.29, 1.82) is 0 Å². The van der Waals surface area contributed by atoms with Gasteiger partial charge in [0, 0.05) is 12.8 Å². The van der Waals surface area contributed by atoms with Crippen molar-refractivity contribution in [3.8, 4) is 0 Å². The van der Waals surface area contributed by atoms with Gasteiger partial charge in [-0.2, -0.15) is 0 Å². The number of carbonyl (C=O) groups excluding carboxylic acids is 1.